The molecule has 1 unspecified atom stereocenters. The van der Waals surface area contributed by atoms with Gasteiger partial charge in [-0.05, 0) is 19.1 Å². The van der Waals surface area contributed by atoms with Gasteiger partial charge in [-0.3, -0.25) is 4.79 Å². The molecule has 2 rings (SSSR count). The van der Waals surface area contributed by atoms with Gasteiger partial charge in [-0.25, -0.2) is 0 Å². The number of methoxy groups -OCH3 is 2. The zero-order chi connectivity index (χ0) is 13.3. The van der Waals surface area contributed by atoms with E-state index >= 15 is 0 Å². The van der Waals surface area contributed by atoms with Crippen LogP contribution >= 0.6 is 0 Å². The first-order valence-corrected chi connectivity index (χ1v) is 5.61. The molecule has 0 aliphatic rings. The summed E-state index contributed by atoms with van der Waals surface area (Å²) >= 11 is 0. The highest BCUT2D eigenvalue weighted by atomic mass is 16.5. The van der Waals surface area contributed by atoms with Crippen molar-refractivity contribution in [1.29, 1.82) is 0 Å². The first-order valence-electron chi connectivity index (χ1n) is 5.61. The van der Waals surface area contributed by atoms with Crippen molar-refractivity contribution in [2.24, 2.45) is 5.73 Å². The minimum absolute atomic E-state index is 0.194. The van der Waals surface area contributed by atoms with Crippen LogP contribution in [-0.2, 0) is 0 Å². The summed E-state index contributed by atoms with van der Waals surface area (Å²) in [5.41, 5.74) is 6.76. The van der Waals surface area contributed by atoms with E-state index in [4.69, 9.17) is 15.2 Å². The average molecular weight is 248 g/mol. The van der Waals surface area contributed by atoms with Gasteiger partial charge in [0.1, 0.15) is 11.5 Å². The number of aromatic amines is 1. The number of nitrogens with one attached hydrogen (secondary N) is 1. The van der Waals surface area contributed by atoms with Crippen molar-refractivity contribution >= 4 is 10.9 Å². The summed E-state index contributed by atoms with van der Waals surface area (Å²) in [7, 11) is 3.13. The van der Waals surface area contributed by atoms with Crippen LogP contribution in [-0.4, -0.2) is 19.2 Å². The predicted octanol–water partition coefficient (Wildman–Crippen LogP) is 1.56. The Labute approximate surface area is 105 Å². The molecule has 1 atom stereocenters. The van der Waals surface area contributed by atoms with Crippen LogP contribution in [0.15, 0.2) is 23.0 Å². The summed E-state index contributed by atoms with van der Waals surface area (Å²) in [6, 6.07) is 5.00. The molecule has 0 bridgehead atoms. The summed E-state index contributed by atoms with van der Waals surface area (Å²) in [5.74, 6) is 1.24. The highest BCUT2D eigenvalue weighted by molar-refractivity contribution is 5.86. The molecule has 0 spiro atoms. The third-order valence-electron chi connectivity index (χ3n) is 2.86. The number of hydrogen-bond acceptors (Lipinski definition) is 4. The van der Waals surface area contributed by atoms with Gasteiger partial charge >= 0.3 is 0 Å². The topological polar surface area (TPSA) is 77.3 Å². The fraction of sp³-hybridized carbons (Fsp3) is 0.308. The molecule has 1 aromatic carbocycles. The Balaban J connectivity index is 2.79. The van der Waals surface area contributed by atoms with Crippen LogP contribution in [0.4, 0.5) is 0 Å². The number of rotatable bonds is 3. The molecule has 96 valence electrons. The van der Waals surface area contributed by atoms with Gasteiger partial charge in [-0.2, -0.15) is 0 Å². The minimum atomic E-state index is -0.324. The van der Waals surface area contributed by atoms with Crippen LogP contribution in [0.5, 0.6) is 11.5 Å². The lowest BCUT2D eigenvalue weighted by molar-refractivity contribution is 0.397. The first kappa shape index (κ1) is 12.4. The molecule has 0 radical (unpaired) electrons. The third-order valence-corrected chi connectivity index (χ3v) is 2.86. The second kappa shape index (κ2) is 4.70. The first-order chi connectivity index (χ1) is 8.56. The van der Waals surface area contributed by atoms with E-state index in [1.54, 1.807) is 33.3 Å². The third kappa shape index (κ3) is 2.04. The SMILES string of the molecule is COc1cc(OC)c2[nH]c(=O)c(C(C)N)cc2c1. The molecule has 0 aliphatic carbocycles. The molecule has 0 amide bonds. The molecule has 3 N–H and O–H groups in total. The molecule has 0 saturated carbocycles. The Morgan fingerprint density at radius 2 is 1.94 bits per heavy atom. The fourth-order valence-electron chi connectivity index (χ4n) is 1.89. The Bertz CT molecular complexity index is 632. The summed E-state index contributed by atoms with van der Waals surface area (Å²) in [6.45, 7) is 1.77. The molecule has 0 saturated heterocycles. The van der Waals surface area contributed by atoms with E-state index < -0.39 is 0 Å². The summed E-state index contributed by atoms with van der Waals surface area (Å²) in [4.78, 5) is 14.7. The normalized spacial score (nSPS) is 12.4. The lowest BCUT2D eigenvalue weighted by atomic mass is 10.1. The number of ether oxygens (including phenoxy) is 2. The summed E-state index contributed by atoms with van der Waals surface area (Å²) in [5, 5.41) is 0.832. The highest BCUT2D eigenvalue weighted by Gasteiger charge is 2.11. The van der Waals surface area contributed by atoms with Crippen molar-refractivity contribution in [3.63, 3.8) is 0 Å². The van der Waals surface area contributed by atoms with Crippen molar-refractivity contribution in [2.75, 3.05) is 14.2 Å². The molecule has 0 aliphatic heterocycles. The van der Waals surface area contributed by atoms with E-state index in [2.05, 4.69) is 4.98 Å². The van der Waals surface area contributed by atoms with Crippen LogP contribution in [0.2, 0.25) is 0 Å². The minimum Gasteiger partial charge on any atom is -0.497 e. The van der Waals surface area contributed by atoms with Crippen LogP contribution in [0.25, 0.3) is 10.9 Å². The zero-order valence-electron chi connectivity index (χ0n) is 10.6. The second-order valence-corrected chi connectivity index (χ2v) is 4.14. The van der Waals surface area contributed by atoms with Gasteiger partial charge in [-0.15, -0.1) is 0 Å². The lowest BCUT2D eigenvalue weighted by Crippen LogP contribution is -2.19. The Morgan fingerprint density at radius 1 is 1.22 bits per heavy atom. The molecule has 1 heterocycles. The molecule has 5 nitrogen and oxygen atoms in total. The molecular weight excluding hydrogens is 232 g/mol. The number of nitrogens with two attached hydrogens (primary N) is 1. The molecule has 18 heavy (non-hydrogen) atoms. The number of aromatic nitrogens is 1. The van der Waals surface area contributed by atoms with Crippen molar-refractivity contribution in [2.45, 2.75) is 13.0 Å². The standard InChI is InChI=1S/C13H16N2O3/c1-7(14)10-5-8-4-9(17-2)6-11(18-3)12(8)15-13(10)16/h4-7H,14H2,1-3H3,(H,15,16). The van der Waals surface area contributed by atoms with Crippen LogP contribution in [0, 0.1) is 0 Å². The van der Waals surface area contributed by atoms with Gasteiger partial charge in [0.15, 0.2) is 0 Å². The van der Waals surface area contributed by atoms with E-state index in [1.807, 2.05) is 6.07 Å². The monoisotopic (exact) mass is 248 g/mol. The van der Waals surface area contributed by atoms with Crippen molar-refractivity contribution < 1.29 is 9.47 Å². The lowest BCUT2D eigenvalue weighted by Gasteiger charge is -2.11. The van der Waals surface area contributed by atoms with Gasteiger partial charge in [0.05, 0.1) is 19.7 Å². The molecule has 5 heteroatoms. The Morgan fingerprint density at radius 3 is 2.50 bits per heavy atom. The molecule has 1 aromatic heterocycles. The Hall–Kier alpha value is -2.01. The van der Waals surface area contributed by atoms with Crippen LogP contribution < -0.4 is 20.8 Å². The number of benzene rings is 1. The van der Waals surface area contributed by atoms with E-state index in [0.29, 0.717) is 22.6 Å². The van der Waals surface area contributed by atoms with E-state index in [1.165, 1.54) is 0 Å². The quantitative estimate of drug-likeness (QED) is 0.864. The maximum absolute atomic E-state index is 11.9. The van der Waals surface area contributed by atoms with Gasteiger partial charge in [0.2, 0.25) is 0 Å². The Kier molecular flexibility index (Phi) is 3.25. The number of pyridine rings is 1. The smallest absolute Gasteiger partial charge is 0.253 e. The van der Waals surface area contributed by atoms with Crippen LogP contribution in [0.3, 0.4) is 0 Å². The largest absolute Gasteiger partial charge is 0.497 e. The summed E-state index contributed by atoms with van der Waals surface area (Å²) < 4.78 is 10.4. The maximum atomic E-state index is 11.9. The number of hydrogen-bond donors (Lipinski definition) is 2. The van der Waals surface area contributed by atoms with Crippen molar-refractivity contribution in [3.8, 4) is 11.5 Å². The van der Waals surface area contributed by atoms with E-state index in [-0.39, 0.29) is 11.6 Å². The van der Waals surface area contributed by atoms with Crippen molar-refractivity contribution in [1.82, 2.24) is 4.98 Å². The molecule has 0 fully saturated rings. The molecule has 2 aromatic rings. The number of fused-ring (bicyclic) bond motifs is 1. The second-order valence-electron chi connectivity index (χ2n) is 4.14. The van der Waals surface area contributed by atoms with Gasteiger partial charge in [0, 0.05) is 23.1 Å². The van der Waals surface area contributed by atoms with Gasteiger partial charge in [0.25, 0.3) is 5.56 Å². The predicted molar refractivity (Wildman–Crippen MR) is 70.3 cm³/mol. The zero-order valence-corrected chi connectivity index (χ0v) is 10.6. The fourth-order valence-corrected chi connectivity index (χ4v) is 1.89. The summed E-state index contributed by atoms with van der Waals surface area (Å²) in [6.07, 6.45) is 0. The van der Waals surface area contributed by atoms with E-state index in [0.717, 1.165) is 5.39 Å². The van der Waals surface area contributed by atoms with Gasteiger partial charge in [-0.1, -0.05) is 0 Å². The van der Waals surface area contributed by atoms with Crippen LogP contribution in [0.1, 0.15) is 18.5 Å². The maximum Gasteiger partial charge on any atom is 0.253 e. The number of H-pyrrole nitrogens is 1. The highest BCUT2D eigenvalue weighted by Crippen LogP contribution is 2.29. The van der Waals surface area contributed by atoms with Crippen molar-refractivity contribution in [3.05, 3.63) is 34.1 Å². The van der Waals surface area contributed by atoms with E-state index in [9.17, 15) is 4.79 Å². The van der Waals surface area contributed by atoms with Gasteiger partial charge < -0.3 is 20.2 Å². The average Bonchev–Trinajstić information content (AvgIpc) is 2.36. The molecular formula is C13H16N2O3.